The van der Waals surface area contributed by atoms with Gasteiger partial charge >= 0.3 is 6.18 Å². The Balaban J connectivity index is 1.93. The van der Waals surface area contributed by atoms with E-state index in [1.807, 2.05) is 4.90 Å². The second kappa shape index (κ2) is 7.39. The first-order valence-corrected chi connectivity index (χ1v) is 8.35. The van der Waals surface area contributed by atoms with Gasteiger partial charge in [0.2, 0.25) is 5.95 Å². The lowest BCUT2D eigenvalue weighted by Gasteiger charge is -2.31. The predicted octanol–water partition coefficient (Wildman–Crippen LogP) is 2.27. The number of hydrogen-bond donors (Lipinski definition) is 3. The Kier molecular flexibility index (Phi) is 5.17. The van der Waals surface area contributed by atoms with Crippen LogP contribution in [0.4, 0.5) is 30.6 Å². The number of nitrogens with one attached hydrogen (secondary N) is 1. The highest BCUT2D eigenvalue weighted by Gasteiger charge is 2.30. The van der Waals surface area contributed by atoms with Gasteiger partial charge in [-0.15, -0.1) is 0 Å². The minimum atomic E-state index is -4.48. The lowest BCUT2D eigenvalue weighted by atomic mass is 10.1. The van der Waals surface area contributed by atoms with Crippen LogP contribution in [-0.2, 0) is 6.18 Å². The molecule has 7 nitrogen and oxygen atoms in total. The number of carbonyl (C=O) groups excluding carboxylic acids is 1. The van der Waals surface area contributed by atoms with Crippen molar-refractivity contribution in [2.45, 2.75) is 25.1 Å². The second-order valence-electron chi connectivity index (χ2n) is 6.35. The third kappa shape index (κ3) is 4.45. The summed E-state index contributed by atoms with van der Waals surface area (Å²) in [6, 6.07) is 4.59. The number of primary amides is 1. The molecular formula is C17H19F3N6O. The number of rotatable bonds is 4. The molecule has 1 aromatic carbocycles. The molecule has 2 heterocycles. The largest absolute Gasteiger partial charge is 0.416 e. The van der Waals surface area contributed by atoms with E-state index in [0.29, 0.717) is 19.0 Å². The summed E-state index contributed by atoms with van der Waals surface area (Å²) >= 11 is 0. The molecule has 10 heteroatoms. The van der Waals surface area contributed by atoms with Gasteiger partial charge in [-0.05, 0) is 31.0 Å². The zero-order valence-electron chi connectivity index (χ0n) is 14.3. The average Bonchev–Trinajstić information content (AvgIpc) is 2.61. The molecule has 0 radical (unpaired) electrons. The highest BCUT2D eigenvalue weighted by molar-refractivity contribution is 5.98. The maximum absolute atomic E-state index is 12.9. The molecule has 0 aliphatic carbocycles. The first-order valence-electron chi connectivity index (χ1n) is 8.35. The number of aromatic nitrogens is 2. The Morgan fingerprint density at radius 3 is 2.78 bits per heavy atom. The number of nitrogens with two attached hydrogens (primary N) is 2. The van der Waals surface area contributed by atoms with E-state index in [9.17, 15) is 18.0 Å². The van der Waals surface area contributed by atoms with Crippen molar-refractivity contribution >= 4 is 23.4 Å². The number of hydrogen-bond acceptors (Lipinski definition) is 6. The molecule has 1 atom stereocenters. The summed E-state index contributed by atoms with van der Waals surface area (Å²) in [4.78, 5) is 22.0. The van der Waals surface area contributed by atoms with Gasteiger partial charge in [0.05, 0.1) is 5.56 Å². The first kappa shape index (κ1) is 18.9. The van der Waals surface area contributed by atoms with Crippen LogP contribution in [0.3, 0.4) is 0 Å². The fourth-order valence-corrected chi connectivity index (χ4v) is 2.90. The fourth-order valence-electron chi connectivity index (χ4n) is 2.90. The van der Waals surface area contributed by atoms with E-state index < -0.39 is 17.6 Å². The fraction of sp³-hybridized carbons (Fsp3) is 0.353. The van der Waals surface area contributed by atoms with Gasteiger partial charge in [-0.2, -0.15) is 18.2 Å². The van der Waals surface area contributed by atoms with E-state index in [0.717, 1.165) is 25.0 Å². The van der Waals surface area contributed by atoms with Gasteiger partial charge in [0, 0.05) is 31.0 Å². The Morgan fingerprint density at radius 1 is 1.33 bits per heavy atom. The van der Waals surface area contributed by atoms with E-state index in [2.05, 4.69) is 15.3 Å². The van der Waals surface area contributed by atoms with E-state index in [1.165, 1.54) is 18.3 Å². The number of amides is 1. The Morgan fingerprint density at radius 2 is 2.11 bits per heavy atom. The van der Waals surface area contributed by atoms with Gasteiger partial charge in [-0.25, -0.2) is 4.98 Å². The van der Waals surface area contributed by atoms with Crippen LogP contribution < -0.4 is 21.7 Å². The number of halogens is 3. The summed E-state index contributed by atoms with van der Waals surface area (Å²) in [6.45, 7) is 1.26. The van der Waals surface area contributed by atoms with Gasteiger partial charge in [0.15, 0.2) is 0 Å². The molecule has 144 valence electrons. The van der Waals surface area contributed by atoms with Crippen LogP contribution in [0.15, 0.2) is 30.5 Å². The first-order chi connectivity index (χ1) is 12.7. The molecule has 1 aromatic heterocycles. The SMILES string of the molecule is NC(=O)c1cnc(N2CCCC(N)C2)nc1Nc1cccc(C(F)(F)F)c1. The molecule has 1 aliphatic rings. The van der Waals surface area contributed by atoms with Crippen molar-refractivity contribution in [3.05, 3.63) is 41.6 Å². The molecule has 0 bridgehead atoms. The summed E-state index contributed by atoms with van der Waals surface area (Å²) in [6.07, 6.45) is -1.45. The minimum absolute atomic E-state index is 0.0157. The van der Waals surface area contributed by atoms with Crippen LogP contribution in [-0.4, -0.2) is 35.0 Å². The lowest BCUT2D eigenvalue weighted by Crippen LogP contribution is -2.43. The number of benzene rings is 1. The zero-order chi connectivity index (χ0) is 19.6. The van der Waals surface area contributed by atoms with Crippen molar-refractivity contribution in [1.29, 1.82) is 0 Å². The third-order valence-corrected chi connectivity index (χ3v) is 4.23. The molecule has 27 heavy (non-hydrogen) atoms. The van der Waals surface area contributed by atoms with Crippen LogP contribution in [0, 0.1) is 0 Å². The maximum Gasteiger partial charge on any atom is 0.416 e. The van der Waals surface area contributed by atoms with Gasteiger partial charge in [-0.3, -0.25) is 4.79 Å². The van der Waals surface area contributed by atoms with Crippen molar-refractivity contribution in [2.24, 2.45) is 11.5 Å². The number of nitrogens with zero attached hydrogens (tertiary/aromatic N) is 3. The second-order valence-corrected chi connectivity index (χ2v) is 6.35. The van der Waals surface area contributed by atoms with E-state index >= 15 is 0 Å². The summed E-state index contributed by atoms with van der Waals surface area (Å²) in [5.41, 5.74) is 10.6. The van der Waals surface area contributed by atoms with E-state index in [-0.39, 0.29) is 23.1 Å². The highest BCUT2D eigenvalue weighted by atomic mass is 19.4. The molecule has 2 aromatic rings. The van der Waals surface area contributed by atoms with Crippen molar-refractivity contribution < 1.29 is 18.0 Å². The van der Waals surface area contributed by atoms with Gasteiger partial charge in [-0.1, -0.05) is 6.07 Å². The highest BCUT2D eigenvalue weighted by Crippen LogP contribution is 2.31. The monoisotopic (exact) mass is 380 g/mol. The van der Waals surface area contributed by atoms with Gasteiger partial charge < -0.3 is 21.7 Å². The van der Waals surface area contributed by atoms with Crippen LogP contribution in [0.25, 0.3) is 0 Å². The summed E-state index contributed by atoms with van der Waals surface area (Å²) < 4.78 is 38.7. The molecule has 1 unspecified atom stereocenters. The molecule has 1 saturated heterocycles. The number of alkyl halides is 3. The molecule has 1 amide bonds. The zero-order valence-corrected chi connectivity index (χ0v) is 14.3. The summed E-state index contributed by atoms with van der Waals surface area (Å²) in [5.74, 6) is -0.401. The van der Waals surface area contributed by atoms with Crippen molar-refractivity contribution in [3.8, 4) is 0 Å². The predicted molar refractivity (Wildman–Crippen MR) is 94.7 cm³/mol. The Hall–Kier alpha value is -2.88. The average molecular weight is 380 g/mol. The van der Waals surface area contributed by atoms with E-state index in [1.54, 1.807) is 0 Å². The van der Waals surface area contributed by atoms with E-state index in [4.69, 9.17) is 11.5 Å². The van der Waals surface area contributed by atoms with Crippen LogP contribution >= 0.6 is 0 Å². The molecule has 5 N–H and O–H groups in total. The molecule has 1 aliphatic heterocycles. The number of carbonyl (C=O) groups is 1. The minimum Gasteiger partial charge on any atom is -0.365 e. The van der Waals surface area contributed by atoms with Gasteiger partial charge in [0.25, 0.3) is 5.91 Å². The Bertz CT molecular complexity index is 842. The van der Waals surface area contributed by atoms with Crippen molar-refractivity contribution in [1.82, 2.24) is 9.97 Å². The third-order valence-electron chi connectivity index (χ3n) is 4.23. The topological polar surface area (TPSA) is 110 Å². The normalized spacial score (nSPS) is 17.6. The molecule has 0 saturated carbocycles. The van der Waals surface area contributed by atoms with Crippen LogP contribution in [0.2, 0.25) is 0 Å². The molecular weight excluding hydrogens is 361 g/mol. The standard InChI is InChI=1S/C17H19F3N6O/c18-17(19,20)10-3-1-5-12(7-10)24-15-13(14(22)27)8-23-16(25-15)26-6-2-4-11(21)9-26/h1,3,5,7-8,11H,2,4,6,9,21H2,(H2,22,27)(H,23,24,25). The van der Waals surface area contributed by atoms with Crippen LogP contribution in [0.1, 0.15) is 28.8 Å². The molecule has 3 rings (SSSR count). The Labute approximate surface area is 153 Å². The van der Waals surface area contributed by atoms with Crippen molar-refractivity contribution in [2.75, 3.05) is 23.3 Å². The molecule has 0 spiro atoms. The summed E-state index contributed by atoms with van der Waals surface area (Å²) in [5, 5.41) is 2.75. The van der Waals surface area contributed by atoms with Crippen LogP contribution in [0.5, 0.6) is 0 Å². The smallest absolute Gasteiger partial charge is 0.365 e. The lowest BCUT2D eigenvalue weighted by molar-refractivity contribution is -0.137. The number of piperidine rings is 1. The van der Waals surface area contributed by atoms with Crippen molar-refractivity contribution in [3.63, 3.8) is 0 Å². The molecule has 1 fully saturated rings. The summed E-state index contributed by atoms with van der Waals surface area (Å²) in [7, 11) is 0. The van der Waals surface area contributed by atoms with Gasteiger partial charge in [0.1, 0.15) is 11.4 Å². The number of anilines is 3. The maximum atomic E-state index is 12.9. The quantitative estimate of drug-likeness (QED) is 0.751.